The number of halogens is 1. The van der Waals surface area contributed by atoms with Crippen LogP contribution in [0.15, 0.2) is 22.7 Å². The van der Waals surface area contributed by atoms with E-state index in [0.717, 1.165) is 23.0 Å². The van der Waals surface area contributed by atoms with Gasteiger partial charge >= 0.3 is 0 Å². The van der Waals surface area contributed by atoms with E-state index in [1.807, 2.05) is 13.0 Å². The summed E-state index contributed by atoms with van der Waals surface area (Å²) in [6.45, 7) is 3.43. The third kappa shape index (κ3) is 2.91. The van der Waals surface area contributed by atoms with Crippen molar-refractivity contribution in [3.05, 3.63) is 28.2 Å². The number of aliphatic hydroxyl groups excluding tert-OH is 1. The van der Waals surface area contributed by atoms with Crippen LogP contribution in [0.3, 0.4) is 0 Å². The Labute approximate surface area is 115 Å². The van der Waals surface area contributed by atoms with Crippen LogP contribution in [0.1, 0.15) is 17.3 Å². The van der Waals surface area contributed by atoms with Crippen molar-refractivity contribution >= 4 is 27.9 Å². The quantitative estimate of drug-likeness (QED) is 0.865. The van der Waals surface area contributed by atoms with Crippen LogP contribution in [0, 0.1) is 0 Å². The fourth-order valence-electron chi connectivity index (χ4n) is 2.20. The van der Waals surface area contributed by atoms with E-state index in [4.69, 9.17) is 4.74 Å². The Hall–Kier alpha value is -0.910. The average molecular weight is 314 g/mol. The number of ether oxygens (including phenoxy) is 1. The largest absolute Gasteiger partial charge is 0.394 e. The molecule has 2 unspecified atom stereocenters. The van der Waals surface area contributed by atoms with Gasteiger partial charge in [-0.05, 0) is 41.1 Å². The lowest BCUT2D eigenvalue weighted by molar-refractivity contribution is -0.0421. The van der Waals surface area contributed by atoms with Crippen LogP contribution in [-0.4, -0.2) is 43.3 Å². The lowest BCUT2D eigenvalue weighted by atomic mass is 10.1. The zero-order chi connectivity index (χ0) is 13.1. The Kier molecular flexibility index (Phi) is 4.37. The van der Waals surface area contributed by atoms with E-state index in [0.29, 0.717) is 12.1 Å². The number of aliphatic hydroxyl groups is 1. The molecule has 1 saturated heterocycles. The molecular weight excluding hydrogens is 298 g/mol. The summed E-state index contributed by atoms with van der Waals surface area (Å²) in [5.41, 5.74) is 1.67. The number of anilines is 1. The SMILES string of the molecule is CC1CN(c2ccc(C=O)cc2Br)CC(CO)O1. The minimum absolute atomic E-state index is 0.0187. The maximum absolute atomic E-state index is 10.7. The van der Waals surface area contributed by atoms with Crippen molar-refractivity contribution in [3.63, 3.8) is 0 Å². The molecular formula is C13H16BrNO3. The van der Waals surface area contributed by atoms with E-state index in [2.05, 4.69) is 20.8 Å². The minimum Gasteiger partial charge on any atom is -0.394 e. The Balaban J connectivity index is 2.22. The zero-order valence-corrected chi connectivity index (χ0v) is 11.8. The van der Waals surface area contributed by atoms with Gasteiger partial charge in [-0.25, -0.2) is 0 Å². The van der Waals surface area contributed by atoms with Crippen LogP contribution in [-0.2, 0) is 4.74 Å². The Morgan fingerprint density at radius 3 is 2.94 bits per heavy atom. The molecule has 0 aliphatic carbocycles. The molecule has 98 valence electrons. The van der Waals surface area contributed by atoms with Crippen molar-refractivity contribution in [1.29, 1.82) is 0 Å². The van der Waals surface area contributed by atoms with Crippen molar-refractivity contribution < 1.29 is 14.6 Å². The maximum atomic E-state index is 10.7. The molecule has 1 aliphatic heterocycles. The van der Waals surface area contributed by atoms with E-state index >= 15 is 0 Å². The number of hydrogen-bond donors (Lipinski definition) is 1. The summed E-state index contributed by atoms with van der Waals surface area (Å²) in [4.78, 5) is 12.9. The second-order valence-electron chi connectivity index (χ2n) is 4.48. The van der Waals surface area contributed by atoms with Gasteiger partial charge in [-0.15, -0.1) is 0 Å². The van der Waals surface area contributed by atoms with Crippen LogP contribution in [0.2, 0.25) is 0 Å². The molecule has 1 aliphatic rings. The van der Waals surface area contributed by atoms with E-state index in [9.17, 15) is 9.90 Å². The molecule has 0 amide bonds. The number of nitrogens with zero attached hydrogens (tertiary/aromatic N) is 1. The fourth-order valence-corrected chi connectivity index (χ4v) is 2.84. The summed E-state index contributed by atoms with van der Waals surface area (Å²) in [6, 6.07) is 5.51. The zero-order valence-electron chi connectivity index (χ0n) is 10.2. The lowest BCUT2D eigenvalue weighted by Gasteiger charge is -2.38. The van der Waals surface area contributed by atoms with E-state index in [1.54, 1.807) is 12.1 Å². The van der Waals surface area contributed by atoms with E-state index in [-0.39, 0.29) is 18.8 Å². The van der Waals surface area contributed by atoms with Crippen LogP contribution in [0.25, 0.3) is 0 Å². The highest BCUT2D eigenvalue weighted by atomic mass is 79.9. The van der Waals surface area contributed by atoms with Crippen LogP contribution in [0.5, 0.6) is 0 Å². The highest BCUT2D eigenvalue weighted by Gasteiger charge is 2.25. The molecule has 18 heavy (non-hydrogen) atoms. The van der Waals surface area contributed by atoms with Crippen LogP contribution < -0.4 is 4.90 Å². The topological polar surface area (TPSA) is 49.8 Å². The molecule has 4 nitrogen and oxygen atoms in total. The number of rotatable bonds is 3. The number of hydrogen-bond acceptors (Lipinski definition) is 4. The molecule has 0 bridgehead atoms. The second kappa shape index (κ2) is 5.82. The minimum atomic E-state index is -0.161. The first-order valence-electron chi connectivity index (χ1n) is 5.90. The maximum Gasteiger partial charge on any atom is 0.150 e. The standard InChI is InChI=1S/C13H16BrNO3/c1-9-5-15(6-11(8-17)18-9)13-3-2-10(7-16)4-12(13)14/h2-4,7,9,11,17H,5-6,8H2,1H3. The van der Waals surface area contributed by atoms with Crippen molar-refractivity contribution in [2.45, 2.75) is 19.1 Å². The van der Waals surface area contributed by atoms with Gasteiger partial charge in [0.25, 0.3) is 0 Å². The monoisotopic (exact) mass is 313 g/mol. The van der Waals surface area contributed by atoms with Gasteiger partial charge in [0.2, 0.25) is 0 Å². The predicted molar refractivity (Wildman–Crippen MR) is 73.2 cm³/mol. The number of aldehydes is 1. The first-order valence-corrected chi connectivity index (χ1v) is 6.69. The Bertz CT molecular complexity index is 438. The van der Waals surface area contributed by atoms with Gasteiger partial charge in [0.1, 0.15) is 6.29 Å². The van der Waals surface area contributed by atoms with Gasteiger partial charge in [-0.2, -0.15) is 0 Å². The third-order valence-electron chi connectivity index (χ3n) is 2.98. The summed E-state index contributed by atoms with van der Waals surface area (Å²) >= 11 is 3.48. The molecule has 0 spiro atoms. The summed E-state index contributed by atoms with van der Waals surface area (Å²) in [5.74, 6) is 0. The molecule has 5 heteroatoms. The molecule has 0 saturated carbocycles. The summed E-state index contributed by atoms with van der Waals surface area (Å²) in [5, 5.41) is 9.22. The molecule has 1 fully saturated rings. The third-order valence-corrected chi connectivity index (χ3v) is 3.61. The van der Waals surface area contributed by atoms with Crippen LogP contribution in [0.4, 0.5) is 5.69 Å². The highest BCUT2D eigenvalue weighted by Crippen LogP contribution is 2.29. The van der Waals surface area contributed by atoms with Crippen LogP contribution >= 0.6 is 15.9 Å². The molecule has 1 N–H and O–H groups in total. The molecule has 1 aromatic carbocycles. The molecule has 1 aromatic rings. The summed E-state index contributed by atoms with van der Waals surface area (Å²) < 4.78 is 6.50. The highest BCUT2D eigenvalue weighted by molar-refractivity contribution is 9.10. The number of benzene rings is 1. The summed E-state index contributed by atoms with van der Waals surface area (Å²) in [7, 11) is 0. The van der Waals surface area contributed by atoms with Gasteiger partial charge in [0.05, 0.1) is 24.5 Å². The Morgan fingerprint density at radius 2 is 2.33 bits per heavy atom. The normalized spacial score (nSPS) is 24.1. The van der Waals surface area contributed by atoms with E-state index in [1.165, 1.54) is 0 Å². The van der Waals surface area contributed by atoms with E-state index < -0.39 is 0 Å². The first kappa shape index (κ1) is 13.5. The van der Waals surface area contributed by atoms with Crippen molar-refractivity contribution in [2.75, 3.05) is 24.6 Å². The second-order valence-corrected chi connectivity index (χ2v) is 5.34. The van der Waals surface area contributed by atoms with Crippen molar-refractivity contribution in [3.8, 4) is 0 Å². The van der Waals surface area contributed by atoms with Gasteiger partial charge in [0, 0.05) is 23.1 Å². The average Bonchev–Trinajstić information content (AvgIpc) is 2.37. The van der Waals surface area contributed by atoms with Gasteiger partial charge in [-0.3, -0.25) is 4.79 Å². The molecule has 1 heterocycles. The molecule has 2 rings (SSSR count). The fraction of sp³-hybridized carbons (Fsp3) is 0.462. The Morgan fingerprint density at radius 1 is 1.56 bits per heavy atom. The molecule has 0 radical (unpaired) electrons. The smallest absolute Gasteiger partial charge is 0.150 e. The van der Waals surface area contributed by atoms with Crippen molar-refractivity contribution in [1.82, 2.24) is 0 Å². The number of morpholine rings is 1. The first-order chi connectivity index (χ1) is 8.63. The van der Waals surface area contributed by atoms with Crippen molar-refractivity contribution in [2.24, 2.45) is 0 Å². The van der Waals surface area contributed by atoms with Gasteiger partial charge < -0.3 is 14.7 Å². The predicted octanol–water partition coefficient (Wildman–Crippen LogP) is 1.85. The molecule has 0 aromatic heterocycles. The number of carbonyl (C=O) groups is 1. The van der Waals surface area contributed by atoms with Gasteiger partial charge in [-0.1, -0.05) is 0 Å². The lowest BCUT2D eigenvalue weighted by Crippen LogP contribution is -2.48. The number of carbonyl (C=O) groups excluding carboxylic acids is 1. The summed E-state index contributed by atoms with van der Waals surface area (Å²) in [6.07, 6.45) is 0.743. The molecule has 2 atom stereocenters. The van der Waals surface area contributed by atoms with Gasteiger partial charge in [0.15, 0.2) is 0 Å².